The summed E-state index contributed by atoms with van der Waals surface area (Å²) < 4.78 is 4.93. The van der Waals surface area contributed by atoms with E-state index in [4.69, 9.17) is 4.74 Å². The number of nitrogens with zero attached hydrogens (tertiary/aromatic N) is 2. The van der Waals surface area contributed by atoms with Crippen molar-refractivity contribution in [3.63, 3.8) is 0 Å². The third-order valence-electron chi connectivity index (χ3n) is 3.26. The maximum absolute atomic E-state index is 11.7. The van der Waals surface area contributed by atoms with Gasteiger partial charge in [0.05, 0.1) is 10.5 Å². The van der Waals surface area contributed by atoms with E-state index >= 15 is 0 Å². The number of benzene rings is 1. The standard InChI is InChI=1S/C14H14N2O7/c1-8-3-4-11(16(20)21)10(7-8)9(2)22-14(19)23-15-12(17)5-6-13(15)18/h3-4,7,9H,5-6H2,1-2H3. The summed E-state index contributed by atoms with van der Waals surface area (Å²) in [5.41, 5.74) is 0.731. The molecule has 23 heavy (non-hydrogen) atoms. The minimum Gasteiger partial charge on any atom is -0.425 e. The van der Waals surface area contributed by atoms with Gasteiger partial charge in [-0.2, -0.15) is 0 Å². The van der Waals surface area contributed by atoms with Crippen molar-refractivity contribution >= 4 is 23.7 Å². The van der Waals surface area contributed by atoms with E-state index in [1.165, 1.54) is 19.1 Å². The van der Waals surface area contributed by atoms with Gasteiger partial charge in [-0.05, 0) is 19.9 Å². The van der Waals surface area contributed by atoms with Gasteiger partial charge in [-0.15, -0.1) is 0 Å². The molecule has 0 bridgehead atoms. The smallest absolute Gasteiger partial charge is 0.425 e. The van der Waals surface area contributed by atoms with Crippen molar-refractivity contribution in [3.8, 4) is 0 Å². The van der Waals surface area contributed by atoms with E-state index in [9.17, 15) is 24.5 Å². The monoisotopic (exact) mass is 322 g/mol. The van der Waals surface area contributed by atoms with Gasteiger partial charge in [-0.1, -0.05) is 16.7 Å². The minimum absolute atomic E-state index is 0.0367. The number of aryl methyl sites for hydroxylation is 1. The van der Waals surface area contributed by atoms with Crippen molar-refractivity contribution in [1.29, 1.82) is 0 Å². The Morgan fingerprint density at radius 3 is 2.48 bits per heavy atom. The first-order chi connectivity index (χ1) is 10.8. The topological polar surface area (TPSA) is 116 Å². The van der Waals surface area contributed by atoms with Gasteiger partial charge in [-0.3, -0.25) is 24.5 Å². The molecular formula is C14H14N2O7. The second kappa shape index (κ2) is 6.42. The number of nitro benzene ring substituents is 1. The molecule has 1 saturated heterocycles. The number of rotatable bonds is 4. The first kappa shape index (κ1) is 16.4. The summed E-state index contributed by atoms with van der Waals surface area (Å²) >= 11 is 0. The van der Waals surface area contributed by atoms with Crippen LogP contribution in [0.15, 0.2) is 18.2 Å². The highest BCUT2D eigenvalue weighted by Gasteiger charge is 2.34. The van der Waals surface area contributed by atoms with Crippen LogP contribution in [0.3, 0.4) is 0 Å². The fraction of sp³-hybridized carbons (Fsp3) is 0.357. The van der Waals surface area contributed by atoms with Gasteiger partial charge in [0.1, 0.15) is 6.10 Å². The highest BCUT2D eigenvalue weighted by atomic mass is 16.8. The fourth-order valence-electron chi connectivity index (χ4n) is 2.13. The number of carbonyl (C=O) groups excluding carboxylic acids is 3. The number of hydroxylamine groups is 2. The van der Waals surface area contributed by atoms with E-state index in [1.807, 2.05) is 0 Å². The van der Waals surface area contributed by atoms with Crippen LogP contribution >= 0.6 is 0 Å². The number of amides is 2. The summed E-state index contributed by atoms with van der Waals surface area (Å²) in [6, 6.07) is 4.39. The third kappa shape index (κ3) is 3.62. The molecule has 0 radical (unpaired) electrons. The molecular weight excluding hydrogens is 308 g/mol. The van der Waals surface area contributed by atoms with Crippen LogP contribution in [0, 0.1) is 17.0 Å². The minimum atomic E-state index is -1.28. The van der Waals surface area contributed by atoms with E-state index in [-0.39, 0.29) is 24.1 Å². The normalized spacial score (nSPS) is 15.5. The zero-order valence-electron chi connectivity index (χ0n) is 12.5. The Balaban J connectivity index is 2.10. The zero-order valence-corrected chi connectivity index (χ0v) is 12.5. The molecule has 1 aliphatic heterocycles. The van der Waals surface area contributed by atoms with Crippen molar-refractivity contribution in [1.82, 2.24) is 5.06 Å². The number of imide groups is 1. The molecule has 1 aliphatic rings. The Hall–Kier alpha value is -2.97. The number of hydrogen-bond donors (Lipinski definition) is 0. The third-order valence-corrected chi connectivity index (χ3v) is 3.26. The lowest BCUT2D eigenvalue weighted by molar-refractivity contribution is -0.386. The summed E-state index contributed by atoms with van der Waals surface area (Å²) in [5, 5.41) is 11.4. The quantitative estimate of drug-likeness (QED) is 0.361. The molecule has 0 N–H and O–H groups in total. The maximum Gasteiger partial charge on any atom is 0.534 e. The summed E-state index contributed by atoms with van der Waals surface area (Å²) in [6.45, 7) is 3.16. The highest BCUT2D eigenvalue weighted by molar-refractivity contribution is 6.01. The summed E-state index contributed by atoms with van der Waals surface area (Å²) in [7, 11) is 0. The molecule has 0 spiro atoms. The molecule has 9 nitrogen and oxygen atoms in total. The Kier molecular flexibility index (Phi) is 4.58. The van der Waals surface area contributed by atoms with Crippen LogP contribution in [0.2, 0.25) is 0 Å². The molecule has 1 atom stereocenters. The summed E-state index contributed by atoms with van der Waals surface area (Å²) in [5.74, 6) is -1.28. The molecule has 9 heteroatoms. The SMILES string of the molecule is Cc1ccc([N+](=O)[O-])c(C(C)OC(=O)ON2C(=O)CCC2=O)c1. The van der Waals surface area contributed by atoms with Gasteiger partial charge in [-0.25, -0.2) is 4.79 Å². The molecule has 2 rings (SSSR count). The van der Waals surface area contributed by atoms with Crippen LogP contribution in [0.5, 0.6) is 0 Å². The summed E-state index contributed by atoms with van der Waals surface area (Å²) in [4.78, 5) is 49.4. The van der Waals surface area contributed by atoms with Crippen LogP contribution in [0.4, 0.5) is 10.5 Å². The average molecular weight is 322 g/mol. The van der Waals surface area contributed by atoms with Gasteiger partial charge in [0.25, 0.3) is 17.5 Å². The second-order valence-electron chi connectivity index (χ2n) is 5.00. The van der Waals surface area contributed by atoms with Crippen molar-refractivity contribution in [2.75, 3.05) is 0 Å². The van der Waals surface area contributed by atoms with Gasteiger partial charge in [0.2, 0.25) is 0 Å². The molecule has 0 aromatic heterocycles. The van der Waals surface area contributed by atoms with Crippen molar-refractivity contribution in [3.05, 3.63) is 39.4 Å². The zero-order chi connectivity index (χ0) is 17.1. The van der Waals surface area contributed by atoms with E-state index < -0.39 is 29.0 Å². The predicted octanol–water partition coefficient (Wildman–Crippen LogP) is 2.18. The molecule has 0 saturated carbocycles. The van der Waals surface area contributed by atoms with E-state index in [1.54, 1.807) is 13.0 Å². The lowest BCUT2D eigenvalue weighted by Gasteiger charge is -2.16. The number of nitro groups is 1. The number of ether oxygens (including phenoxy) is 1. The van der Waals surface area contributed by atoms with Gasteiger partial charge in [0, 0.05) is 18.9 Å². The molecule has 1 heterocycles. The van der Waals surface area contributed by atoms with Crippen LogP contribution in [0.1, 0.15) is 37.0 Å². The van der Waals surface area contributed by atoms with Crippen LogP contribution < -0.4 is 0 Å². The van der Waals surface area contributed by atoms with Crippen molar-refractivity contribution in [2.45, 2.75) is 32.8 Å². The Bertz CT molecular complexity index is 670. The second-order valence-corrected chi connectivity index (χ2v) is 5.00. The molecule has 2 amide bonds. The molecule has 1 aromatic rings. The number of carbonyl (C=O) groups is 3. The Morgan fingerprint density at radius 2 is 1.91 bits per heavy atom. The van der Waals surface area contributed by atoms with Crippen LogP contribution in [0.25, 0.3) is 0 Å². The van der Waals surface area contributed by atoms with E-state index in [0.29, 0.717) is 5.06 Å². The number of hydrogen-bond acceptors (Lipinski definition) is 7. The Labute approximate surface area is 130 Å². The van der Waals surface area contributed by atoms with E-state index in [2.05, 4.69) is 4.84 Å². The summed E-state index contributed by atoms with van der Waals surface area (Å²) in [6.07, 6.45) is -2.34. The first-order valence-electron chi connectivity index (χ1n) is 6.79. The van der Waals surface area contributed by atoms with E-state index in [0.717, 1.165) is 5.56 Å². The fourth-order valence-corrected chi connectivity index (χ4v) is 2.13. The molecule has 1 fully saturated rings. The lowest BCUT2D eigenvalue weighted by Crippen LogP contribution is -2.32. The molecule has 1 aromatic carbocycles. The van der Waals surface area contributed by atoms with Crippen molar-refractivity contribution < 1.29 is 28.9 Å². The van der Waals surface area contributed by atoms with Crippen LogP contribution in [-0.4, -0.2) is 28.0 Å². The molecule has 1 unspecified atom stereocenters. The first-order valence-corrected chi connectivity index (χ1v) is 6.79. The van der Waals surface area contributed by atoms with Gasteiger partial charge < -0.3 is 4.74 Å². The van der Waals surface area contributed by atoms with Crippen LogP contribution in [-0.2, 0) is 19.2 Å². The lowest BCUT2D eigenvalue weighted by atomic mass is 10.1. The largest absolute Gasteiger partial charge is 0.534 e. The van der Waals surface area contributed by atoms with Gasteiger partial charge in [0.15, 0.2) is 0 Å². The molecule has 0 aliphatic carbocycles. The Morgan fingerprint density at radius 1 is 1.30 bits per heavy atom. The van der Waals surface area contributed by atoms with Crippen molar-refractivity contribution in [2.24, 2.45) is 0 Å². The van der Waals surface area contributed by atoms with Gasteiger partial charge >= 0.3 is 6.16 Å². The predicted molar refractivity (Wildman–Crippen MR) is 74.9 cm³/mol. The molecule has 122 valence electrons. The highest BCUT2D eigenvalue weighted by Crippen LogP contribution is 2.29. The maximum atomic E-state index is 11.7. The average Bonchev–Trinajstić information content (AvgIpc) is 2.78.